The first-order valence-electron chi connectivity index (χ1n) is 6.51. The minimum absolute atomic E-state index is 0.0121. The number of thiophene rings is 1. The zero-order chi connectivity index (χ0) is 15.6. The van der Waals surface area contributed by atoms with Crippen molar-refractivity contribution in [1.29, 1.82) is 0 Å². The summed E-state index contributed by atoms with van der Waals surface area (Å²) < 4.78 is 6.25. The maximum Gasteiger partial charge on any atom is 0.306 e. The molecule has 2 aromatic rings. The molecule has 0 radical (unpaired) electrons. The van der Waals surface area contributed by atoms with Gasteiger partial charge in [0.05, 0.1) is 23.6 Å². The maximum absolute atomic E-state index is 12.1. The monoisotopic (exact) mass is 307 g/mol. The van der Waals surface area contributed by atoms with E-state index in [0.717, 1.165) is 15.8 Å². The molecule has 0 aliphatic carbocycles. The maximum atomic E-state index is 12.1. The molecule has 0 fully saturated rings. The zero-order valence-corrected chi connectivity index (χ0v) is 12.9. The third-order valence-electron chi connectivity index (χ3n) is 3.30. The molecule has 5 nitrogen and oxygen atoms in total. The van der Waals surface area contributed by atoms with Crippen molar-refractivity contribution >= 4 is 38.9 Å². The van der Waals surface area contributed by atoms with Gasteiger partial charge in [0.15, 0.2) is 5.78 Å². The van der Waals surface area contributed by atoms with Gasteiger partial charge in [-0.2, -0.15) is 0 Å². The number of aliphatic carboxylic acids is 1. The van der Waals surface area contributed by atoms with Gasteiger partial charge in [-0.25, -0.2) is 0 Å². The van der Waals surface area contributed by atoms with E-state index >= 15 is 0 Å². The summed E-state index contributed by atoms with van der Waals surface area (Å²) in [4.78, 5) is 23.5. The number of benzene rings is 1. The highest BCUT2D eigenvalue weighted by Gasteiger charge is 2.19. The number of ether oxygens (including phenoxy) is 1. The summed E-state index contributed by atoms with van der Waals surface area (Å²) in [5, 5.41) is 12.8. The number of carbonyl (C=O) groups is 2. The molecule has 0 aliphatic rings. The van der Waals surface area contributed by atoms with Crippen molar-refractivity contribution in [2.24, 2.45) is 5.92 Å². The summed E-state index contributed by atoms with van der Waals surface area (Å²) >= 11 is 1.37. The summed E-state index contributed by atoms with van der Waals surface area (Å²) in [6.45, 7) is 1.54. The fourth-order valence-electron chi connectivity index (χ4n) is 2.03. The van der Waals surface area contributed by atoms with Gasteiger partial charge < -0.3 is 15.2 Å². The molecular weight excluding hydrogens is 290 g/mol. The quantitative estimate of drug-likeness (QED) is 0.801. The van der Waals surface area contributed by atoms with E-state index in [0.29, 0.717) is 10.6 Å². The van der Waals surface area contributed by atoms with Crippen molar-refractivity contribution < 1.29 is 19.4 Å². The first-order chi connectivity index (χ1) is 9.96. The standard InChI is InChI=1S/C15H17NO4S/c1-8(15(18)19)4-11(17)14-6-9-5-12(20-3)10(16-2)7-13(9)21-14/h5-8,16H,4H2,1-3H3,(H,18,19). The largest absolute Gasteiger partial charge is 0.495 e. The third kappa shape index (κ3) is 3.16. The van der Waals surface area contributed by atoms with Crippen molar-refractivity contribution in [3.05, 3.63) is 23.1 Å². The Morgan fingerprint density at radius 3 is 2.67 bits per heavy atom. The molecule has 1 atom stereocenters. The van der Waals surface area contributed by atoms with Crippen molar-refractivity contribution in [2.45, 2.75) is 13.3 Å². The summed E-state index contributed by atoms with van der Waals surface area (Å²) in [7, 11) is 3.40. The van der Waals surface area contributed by atoms with E-state index in [1.807, 2.05) is 12.1 Å². The van der Waals surface area contributed by atoms with Crippen molar-refractivity contribution in [2.75, 3.05) is 19.5 Å². The number of Topliss-reactive ketones (excluding diaryl/α,β-unsaturated/α-hetero) is 1. The summed E-state index contributed by atoms with van der Waals surface area (Å²) in [6, 6.07) is 5.59. The zero-order valence-electron chi connectivity index (χ0n) is 12.1. The number of carboxylic acid groups (broad SMARTS) is 1. The van der Waals surface area contributed by atoms with Crippen LogP contribution in [0.5, 0.6) is 5.75 Å². The second-order valence-corrected chi connectivity index (χ2v) is 5.90. The van der Waals surface area contributed by atoms with E-state index in [9.17, 15) is 9.59 Å². The van der Waals surface area contributed by atoms with Gasteiger partial charge in [-0.05, 0) is 23.6 Å². The number of fused-ring (bicyclic) bond motifs is 1. The van der Waals surface area contributed by atoms with E-state index in [1.54, 1.807) is 20.2 Å². The normalized spacial score (nSPS) is 12.1. The number of carbonyl (C=O) groups excluding carboxylic acids is 1. The van der Waals surface area contributed by atoms with Crippen LogP contribution < -0.4 is 10.1 Å². The van der Waals surface area contributed by atoms with Crippen LogP contribution in [0.1, 0.15) is 23.0 Å². The van der Waals surface area contributed by atoms with Gasteiger partial charge in [-0.3, -0.25) is 9.59 Å². The van der Waals surface area contributed by atoms with Crippen LogP contribution in [0.2, 0.25) is 0 Å². The van der Waals surface area contributed by atoms with Gasteiger partial charge in [0.2, 0.25) is 0 Å². The lowest BCUT2D eigenvalue weighted by Gasteiger charge is -2.07. The molecule has 2 N–H and O–H groups in total. The molecule has 0 saturated heterocycles. The number of nitrogens with one attached hydrogen (secondary N) is 1. The third-order valence-corrected chi connectivity index (χ3v) is 4.43. The molecule has 0 bridgehead atoms. The SMILES string of the molecule is CNc1cc2sc(C(=O)CC(C)C(=O)O)cc2cc1OC. The van der Waals surface area contributed by atoms with Gasteiger partial charge in [0, 0.05) is 18.2 Å². The number of anilines is 1. The number of hydrogen-bond acceptors (Lipinski definition) is 5. The average molecular weight is 307 g/mol. The van der Waals surface area contributed by atoms with Crippen LogP contribution in [0.4, 0.5) is 5.69 Å². The van der Waals surface area contributed by atoms with Crippen LogP contribution in [-0.4, -0.2) is 31.0 Å². The number of methoxy groups -OCH3 is 1. The minimum Gasteiger partial charge on any atom is -0.495 e. The van der Waals surface area contributed by atoms with Crippen LogP contribution >= 0.6 is 11.3 Å². The Hall–Kier alpha value is -2.08. The van der Waals surface area contributed by atoms with Gasteiger partial charge in [-0.15, -0.1) is 11.3 Å². The van der Waals surface area contributed by atoms with Gasteiger partial charge in [-0.1, -0.05) is 6.92 Å². The molecule has 0 amide bonds. The van der Waals surface area contributed by atoms with Crippen LogP contribution in [0.25, 0.3) is 10.1 Å². The van der Waals surface area contributed by atoms with E-state index in [-0.39, 0.29) is 12.2 Å². The molecule has 6 heteroatoms. The van der Waals surface area contributed by atoms with Gasteiger partial charge in [0.1, 0.15) is 5.75 Å². The number of carboxylic acids is 1. The second-order valence-electron chi connectivity index (χ2n) is 4.82. The van der Waals surface area contributed by atoms with Gasteiger partial charge >= 0.3 is 5.97 Å². The Morgan fingerprint density at radius 2 is 2.10 bits per heavy atom. The molecule has 1 aromatic carbocycles. The Morgan fingerprint density at radius 1 is 1.38 bits per heavy atom. The van der Waals surface area contributed by atoms with Crippen LogP contribution in [0, 0.1) is 5.92 Å². The molecule has 1 aromatic heterocycles. The number of rotatable bonds is 6. The fourth-order valence-corrected chi connectivity index (χ4v) is 3.07. The number of ketones is 1. The Kier molecular flexibility index (Phi) is 4.47. The predicted octanol–water partition coefficient (Wildman–Crippen LogP) is 3.25. The molecule has 21 heavy (non-hydrogen) atoms. The van der Waals surface area contributed by atoms with E-state index in [1.165, 1.54) is 18.3 Å². The first-order valence-corrected chi connectivity index (χ1v) is 7.33. The minimum atomic E-state index is -0.955. The highest BCUT2D eigenvalue weighted by molar-refractivity contribution is 7.20. The molecule has 0 saturated carbocycles. The highest BCUT2D eigenvalue weighted by atomic mass is 32.1. The molecule has 112 valence electrons. The predicted molar refractivity (Wildman–Crippen MR) is 83.7 cm³/mol. The van der Waals surface area contributed by atoms with E-state index < -0.39 is 11.9 Å². The van der Waals surface area contributed by atoms with Crippen molar-refractivity contribution in [1.82, 2.24) is 0 Å². The van der Waals surface area contributed by atoms with Crippen LogP contribution in [0.15, 0.2) is 18.2 Å². The van der Waals surface area contributed by atoms with Crippen LogP contribution in [-0.2, 0) is 4.79 Å². The molecule has 1 unspecified atom stereocenters. The van der Waals surface area contributed by atoms with Crippen LogP contribution in [0.3, 0.4) is 0 Å². The highest BCUT2D eigenvalue weighted by Crippen LogP contribution is 2.35. The number of hydrogen-bond donors (Lipinski definition) is 2. The van der Waals surface area contributed by atoms with Crippen molar-refractivity contribution in [3.8, 4) is 5.75 Å². The Bertz CT molecular complexity index is 651. The summed E-state index contributed by atoms with van der Waals surface area (Å²) in [5.74, 6) is -1.06. The second kappa shape index (κ2) is 6.13. The summed E-state index contributed by atoms with van der Waals surface area (Å²) in [6.07, 6.45) is 0.0121. The fraction of sp³-hybridized carbons (Fsp3) is 0.333. The average Bonchev–Trinajstić information content (AvgIpc) is 2.88. The smallest absolute Gasteiger partial charge is 0.306 e. The molecule has 0 aliphatic heterocycles. The Labute approximate surface area is 126 Å². The van der Waals surface area contributed by atoms with Crippen molar-refractivity contribution in [3.63, 3.8) is 0 Å². The van der Waals surface area contributed by atoms with E-state index in [4.69, 9.17) is 9.84 Å². The van der Waals surface area contributed by atoms with Gasteiger partial charge in [0.25, 0.3) is 0 Å². The molecule has 0 spiro atoms. The molecule has 2 rings (SSSR count). The lowest BCUT2D eigenvalue weighted by molar-refractivity contribution is -0.141. The lowest BCUT2D eigenvalue weighted by Crippen LogP contribution is -2.13. The molecular formula is C15H17NO4S. The topological polar surface area (TPSA) is 75.6 Å². The lowest BCUT2D eigenvalue weighted by atomic mass is 10.0. The molecule has 1 heterocycles. The first kappa shape index (κ1) is 15.3. The summed E-state index contributed by atoms with van der Waals surface area (Å²) in [5.41, 5.74) is 0.852. The Balaban J connectivity index is 2.34. The van der Waals surface area contributed by atoms with E-state index in [2.05, 4.69) is 5.32 Å².